The van der Waals surface area contributed by atoms with E-state index in [9.17, 15) is 4.39 Å². The highest BCUT2D eigenvalue weighted by Gasteiger charge is 2.02. The molecule has 0 aliphatic carbocycles. The maximum absolute atomic E-state index is 13.5. The van der Waals surface area contributed by atoms with Crippen LogP contribution in [0.15, 0.2) is 46.9 Å². The summed E-state index contributed by atoms with van der Waals surface area (Å²) in [5.41, 5.74) is 8.51. The average Bonchev–Trinajstić information content (AvgIpc) is 2.43. The van der Waals surface area contributed by atoms with E-state index in [-0.39, 0.29) is 5.82 Å². The molecule has 0 fully saturated rings. The molecular formula is C15H16BrFN2. The first kappa shape index (κ1) is 14.2. The number of benzene rings is 2. The molecule has 0 aromatic heterocycles. The van der Waals surface area contributed by atoms with Crippen LogP contribution in [0.2, 0.25) is 0 Å². The maximum atomic E-state index is 13.5. The van der Waals surface area contributed by atoms with Crippen molar-refractivity contribution in [2.24, 2.45) is 5.73 Å². The van der Waals surface area contributed by atoms with Gasteiger partial charge in [0.15, 0.2) is 0 Å². The molecule has 100 valence electrons. The van der Waals surface area contributed by atoms with E-state index in [1.165, 1.54) is 6.07 Å². The van der Waals surface area contributed by atoms with Crippen molar-refractivity contribution in [1.82, 2.24) is 5.32 Å². The predicted octanol–water partition coefficient (Wildman–Crippen LogP) is 3.34. The van der Waals surface area contributed by atoms with Crippen LogP contribution in [-0.4, -0.2) is 0 Å². The number of nitrogens with two attached hydrogens (primary N) is 1. The lowest BCUT2D eigenvalue weighted by Gasteiger charge is -2.08. The van der Waals surface area contributed by atoms with Crippen molar-refractivity contribution in [3.8, 4) is 0 Å². The molecule has 2 aromatic carbocycles. The molecule has 0 aliphatic rings. The van der Waals surface area contributed by atoms with Crippen molar-refractivity contribution in [3.63, 3.8) is 0 Å². The fraction of sp³-hybridized carbons (Fsp3) is 0.200. The second-order valence-corrected chi connectivity index (χ2v) is 5.28. The Labute approximate surface area is 121 Å². The van der Waals surface area contributed by atoms with Crippen LogP contribution in [-0.2, 0) is 19.6 Å². The monoisotopic (exact) mass is 322 g/mol. The largest absolute Gasteiger partial charge is 0.326 e. The van der Waals surface area contributed by atoms with Crippen LogP contribution in [0.25, 0.3) is 0 Å². The van der Waals surface area contributed by atoms with Gasteiger partial charge in [0.2, 0.25) is 0 Å². The summed E-state index contributed by atoms with van der Waals surface area (Å²) in [6, 6.07) is 13.0. The number of rotatable bonds is 5. The summed E-state index contributed by atoms with van der Waals surface area (Å²) in [5.74, 6) is -0.189. The van der Waals surface area contributed by atoms with Gasteiger partial charge in [0, 0.05) is 29.7 Å². The molecule has 0 radical (unpaired) electrons. The summed E-state index contributed by atoms with van der Waals surface area (Å²) in [4.78, 5) is 0. The molecule has 0 saturated carbocycles. The van der Waals surface area contributed by atoms with Crippen molar-refractivity contribution in [1.29, 1.82) is 0 Å². The molecule has 4 heteroatoms. The van der Waals surface area contributed by atoms with Gasteiger partial charge in [-0.05, 0) is 29.3 Å². The Morgan fingerprint density at radius 3 is 2.63 bits per heavy atom. The van der Waals surface area contributed by atoms with Crippen LogP contribution < -0.4 is 11.1 Å². The lowest BCUT2D eigenvalue weighted by atomic mass is 10.1. The first-order valence-corrected chi connectivity index (χ1v) is 6.91. The van der Waals surface area contributed by atoms with Gasteiger partial charge in [0.05, 0.1) is 0 Å². The third-order valence-electron chi connectivity index (χ3n) is 2.88. The normalized spacial score (nSPS) is 10.7. The Hall–Kier alpha value is -1.23. The molecule has 0 atom stereocenters. The van der Waals surface area contributed by atoms with Crippen molar-refractivity contribution in [2.45, 2.75) is 19.6 Å². The van der Waals surface area contributed by atoms with Crippen LogP contribution >= 0.6 is 15.9 Å². The SMILES string of the molecule is NCc1cccc(CNCc2cc(Br)ccc2F)c1. The minimum absolute atomic E-state index is 0.189. The van der Waals surface area contributed by atoms with E-state index in [2.05, 4.69) is 27.3 Å². The minimum atomic E-state index is -0.189. The number of hydrogen-bond acceptors (Lipinski definition) is 2. The molecule has 2 nitrogen and oxygen atoms in total. The summed E-state index contributed by atoms with van der Waals surface area (Å²) < 4.78 is 14.4. The second-order valence-electron chi connectivity index (χ2n) is 4.36. The van der Waals surface area contributed by atoms with Crippen molar-refractivity contribution in [3.05, 3.63) is 69.4 Å². The molecule has 2 aromatic rings. The minimum Gasteiger partial charge on any atom is -0.326 e. The molecule has 0 saturated heterocycles. The van der Waals surface area contributed by atoms with Gasteiger partial charge in [0.25, 0.3) is 0 Å². The van der Waals surface area contributed by atoms with E-state index in [1.54, 1.807) is 12.1 Å². The highest BCUT2D eigenvalue weighted by Crippen LogP contribution is 2.15. The zero-order valence-electron chi connectivity index (χ0n) is 10.5. The van der Waals surface area contributed by atoms with Crippen LogP contribution in [0, 0.1) is 5.82 Å². The third kappa shape index (κ3) is 4.13. The molecule has 0 unspecified atom stereocenters. The molecule has 0 aliphatic heterocycles. The Morgan fingerprint density at radius 2 is 1.84 bits per heavy atom. The molecule has 0 heterocycles. The molecule has 0 bridgehead atoms. The van der Waals surface area contributed by atoms with Crippen LogP contribution in [0.5, 0.6) is 0 Å². The van der Waals surface area contributed by atoms with Crippen LogP contribution in [0.1, 0.15) is 16.7 Å². The number of halogens is 2. The number of hydrogen-bond donors (Lipinski definition) is 2. The van der Waals surface area contributed by atoms with E-state index >= 15 is 0 Å². The number of nitrogens with one attached hydrogen (secondary N) is 1. The highest BCUT2D eigenvalue weighted by molar-refractivity contribution is 9.10. The average molecular weight is 323 g/mol. The Kier molecular flexibility index (Phi) is 5.07. The van der Waals surface area contributed by atoms with Crippen molar-refractivity contribution in [2.75, 3.05) is 0 Å². The zero-order valence-corrected chi connectivity index (χ0v) is 12.1. The molecule has 3 N–H and O–H groups in total. The summed E-state index contributed by atoms with van der Waals surface area (Å²) >= 11 is 3.34. The van der Waals surface area contributed by atoms with Gasteiger partial charge >= 0.3 is 0 Å². The summed E-state index contributed by atoms with van der Waals surface area (Å²) in [7, 11) is 0. The van der Waals surface area contributed by atoms with E-state index in [0.717, 1.165) is 15.6 Å². The van der Waals surface area contributed by atoms with Gasteiger partial charge in [-0.2, -0.15) is 0 Å². The van der Waals surface area contributed by atoms with E-state index in [4.69, 9.17) is 5.73 Å². The third-order valence-corrected chi connectivity index (χ3v) is 3.37. The molecule has 0 amide bonds. The smallest absolute Gasteiger partial charge is 0.127 e. The standard InChI is InChI=1S/C15H16BrFN2/c16-14-4-5-15(17)13(7-14)10-19-9-12-3-1-2-11(6-12)8-18/h1-7,19H,8-10,18H2. The van der Waals surface area contributed by atoms with E-state index in [1.807, 2.05) is 18.2 Å². The fourth-order valence-electron chi connectivity index (χ4n) is 1.89. The van der Waals surface area contributed by atoms with Gasteiger partial charge in [-0.25, -0.2) is 4.39 Å². The Morgan fingerprint density at radius 1 is 1.05 bits per heavy atom. The van der Waals surface area contributed by atoms with Gasteiger partial charge in [0.1, 0.15) is 5.82 Å². The van der Waals surface area contributed by atoms with Gasteiger partial charge in [-0.15, -0.1) is 0 Å². The fourth-order valence-corrected chi connectivity index (χ4v) is 2.30. The molecule has 0 spiro atoms. The molecule has 19 heavy (non-hydrogen) atoms. The molecule has 2 rings (SSSR count). The van der Waals surface area contributed by atoms with Crippen LogP contribution in [0.3, 0.4) is 0 Å². The van der Waals surface area contributed by atoms with E-state index < -0.39 is 0 Å². The highest BCUT2D eigenvalue weighted by atomic mass is 79.9. The van der Waals surface area contributed by atoms with Crippen molar-refractivity contribution >= 4 is 15.9 Å². The van der Waals surface area contributed by atoms with Gasteiger partial charge in [-0.1, -0.05) is 40.2 Å². The van der Waals surface area contributed by atoms with Gasteiger partial charge < -0.3 is 11.1 Å². The summed E-state index contributed by atoms with van der Waals surface area (Å²) in [6.45, 7) is 1.73. The zero-order chi connectivity index (χ0) is 13.7. The summed E-state index contributed by atoms with van der Waals surface area (Å²) in [5, 5.41) is 3.24. The lowest BCUT2D eigenvalue weighted by Crippen LogP contribution is -2.14. The lowest BCUT2D eigenvalue weighted by molar-refractivity contribution is 0.587. The Bertz CT molecular complexity index is 558. The quantitative estimate of drug-likeness (QED) is 0.886. The van der Waals surface area contributed by atoms with Crippen molar-refractivity contribution < 1.29 is 4.39 Å². The van der Waals surface area contributed by atoms with Gasteiger partial charge in [-0.3, -0.25) is 0 Å². The predicted molar refractivity (Wildman–Crippen MR) is 79.0 cm³/mol. The topological polar surface area (TPSA) is 38.0 Å². The van der Waals surface area contributed by atoms with E-state index in [0.29, 0.717) is 25.2 Å². The summed E-state index contributed by atoms with van der Waals surface area (Å²) in [6.07, 6.45) is 0. The first-order chi connectivity index (χ1) is 9.19. The maximum Gasteiger partial charge on any atom is 0.127 e. The first-order valence-electron chi connectivity index (χ1n) is 6.11. The Balaban J connectivity index is 1.94. The van der Waals surface area contributed by atoms with Crippen LogP contribution in [0.4, 0.5) is 4.39 Å². The second kappa shape index (κ2) is 6.80. The molecular weight excluding hydrogens is 307 g/mol.